The average Bonchev–Trinajstić information content (AvgIpc) is 2.43. The van der Waals surface area contributed by atoms with Crippen LogP contribution in [-0.2, 0) is 26.9 Å². The summed E-state index contributed by atoms with van der Waals surface area (Å²) >= 11 is 0. The molecule has 1 fully saturated rings. The third-order valence-corrected chi connectivity index (χ3v) is 5.32. The van der Waals surface area contributed by atoms with Crippen LogP contribution in [0.2, 0.25) is 0 Å². The predicted molar refractivity (Wildman–Crippen MR) is 98.6 cm³/mol. The van der Waals surface area contributed by atoms with E-state index < -0.39 is 15.4 Å². The summed E-state index contributed by atoms with van der Waals surface area (Å²) in [5.41, 5.74) is 7.45. The van der Waals surface area contributed by atoms with Gasteiger partial charge in [0.2, 0.25) is 5.91 Å². The Morgan fingerprint density at radius 1 is 1.33 bits per heavy atom. The number of nitrogens with one attached hydrogen (secondary N) is 1. The Morgan fingerprint density at radius 3 is 2.62 bits per heavy atom. The smallest absolute Gasteiger partial charge is 0.225 e. The van der Waals surface area contributed by atoms with Gasteiger partial charge in [-0.3, -0.25) is 4.79 Å². The van der Waals surface area contributed by atoms with Crippen molar-refractivity contribution in [3.05, 3.63) is 35.4 Å². The molecule has 0 radical (unpaired) electrons. The van der Waals surface area contributed by atoms with Crippen LogP contribution in [0.25, 0.3) is 0 Å². The number of hydrogen-bond donors (Lipinski definition) is 2. The number of amides is 1. The highest BCUT2D eigenvalue weighted by Gasteiger charge is 2.37. The third-order valence-electron chi connectivity index (χ3n) is 4.46. The summed E-state index contributed by atoms with van der Waals surface area (Å²) < 4.78 is 22.7. The van der Waals surface area contributed by atoms with Crippen molar-refractivity contribution < 1.29 is 13.2 Å². The van der Waals surface area contributed by atoms with Crippen molar-refractivity contribution in [2.75, 3.05) is 6.26 Å². The van der Waals surface area contributed by atoms with E-state index in [1.54, 1.807) is 6.07 Å². The minimum Gasteiger partial charge on any atom is -0.352 e. The Morgan fingerprint density at radius 2 is 2.00 bits per heavy atom. The molecule has 7 heteroatoms. The van der Waals surface area contributed by atoms with Crippen molar-refractivity contribution in [1.29, 1.82) is 0 Å². The summed E-state index contributed by atoms with van der Waals surface area (Å²) in [6.07, 6.45) is 5.02. The summed E-state index contributed by atoms with van der Waals surface area (Å²) in [6, 6.07) is 7.30. The van der Waals surface area contributed by atoms with Gasteiger partial charge in [0.15, 0.2) is 9.84 Å². The van der Waals surface area contributed by atoms with Crippen LogP contribution in [0, 0.1) is 5.92 Å². The molecule has 136 valence electrons. The molecule has 1 aliphatic rings. The summed E-state index contributed by atoms with van der Waals surface area (Å²) in [5.74, 6) is -0.156. The highest BCUT2D eigenvalue weighted by molar-refractivity contribution is 7.89. The fraction of sp³-hybridized carbons (Fsp3) is 0.588. The molecule has 24 heavy (non-hydrogen) atoms. The van der Waals surface area contributed by atoms with E-state index in [9.17, 15) is 13.2 Å². The summed E-state index contributed by atoms with van der Waals surface area (Å²) in [6.45, 7) is 2.34. The molecular formula is C17H27ClN2O3S. The van der Waals surface area contributed by atoms with Gasteiger partial charge in [-0.05, 0) is 30.9 Å². The first-order chi connectivity index (χ1) is 10.7. The lowest BCUT2D eigenvalue weighted by atomic mass is 9.74. The van der Waals surface area contributed by atoms with E-state index in [-0.39, 0.29) is 30.0 Å². The van der Waals surface area contributed by atoms with Crippen LogP contribution >= 0.6 is 12.4 Å². The van der Waals surface area contributed by atoms with Crippen molar-refractivity contribution in [3.63, 3.8) is 0 Å². The summed E-state index contributed by atoms with van der Waals surface area (Å²) in [4.78, 5) is 12.4. The fourth-order valence-electron chi connectivity index (χ4n) is 3.23. The van der Waals surface area contributed by atoms with Crippen molar-refractivity contribution >= 4 is 28.2 Å². The number of rotatable bonds is 5. The molecule has 2 rings (SSSR count). The zero-order chi connectivity index (χ0) is 17.1. The molecule has 3 N–H and O–H groups in total. The second-order valence-electron chi connectivity index (χ2n) is 6.91. The zero-order valence-electron chi connectivity index (χ0n) is 14.2. The van der Waals surface area contributed by atoms with Crippen molar-refractivity contribution in [2.45, 2.75) is 50.4 Å². The number of benzene rings is 1. The van der Waals surface area contributed by atoms with E-state index >= 15 is 0 Å². The molecule has 1 amide bonds. The van der Waals surface area contributed by atoms with Gasteiger partial charge in [-0.2, -0.15) is 0 Å². The molecule has 1 aromatic carbocycles. The van der Waals surface area contributed by atoms with Crippen LogP contribution in [-0.4, -0.2) is 26.1 Å². The SMILES string of the molecule is CC1(N)CCCCC1C(=O)NCc1cccc(CS(C)(=O)=O)c1.Cl. The van der Waals surface area contributed by atoms with Crippen LogP contribution < -0.4 is 11.1 Å². The molecule has 0 spiro atoms. The molecule has 5 nitrogen and oxygen atoms in total. The third kappa shape index (κ3) is 6.07. The van der Waals surface area contributed by atoms with Crippen LogP contribution in [0.15, 0.2) is 24.3 Å². The number of nitrogens with two attached hydrogens (primary N) is 1. The van der Waals surface area contributed by atoms with Crippen LogP contribution in [0.3, 0.4) is 0 Å². The zero-order valence-corrected chi connectivity index (χ0v) is 15.9. The molecule has 2 unspecified atom stereocenters. The topological polar surface area (TPSA) is 89.3 Å². The van der Waals surface area contributed by atoms with E-state index in [1.807, 2.05) is 25.1 Å². The van der Waals surface area contributed by atoms with Gasteiger partial charge in [-0.15, -0.1) is 12.4 Å². The first-order valence-electron chi connectivity index (χ1n) is 7.99. The average molecular weight is 375 g/mol. The molecule has 1 aromatic rings. The van der Waals surface area contributed by atoms with E-state index in [2.05, 4.69) is 5.32 Å². The molecule has 2 atom stereocenters. The predicted octanol–water partition coefficient (Wildman–Crippen LogP) is 2.18. The minimum absolute atomic E-state index is 0. The van der Waals surface area contributed by atoms with Crippen LogP contribution in [0.5, 0.6) is 0 Å². The molecule has 1 saturated carbocycles. The monoisotopic (exact) mass is 374 g/mol. The Balaban J connectivity index is 0.00000288. The summed E-state index contributed by atoms with van der Waals surface area (Å²) in [7, 11) is -3.06. The van der Waals surface area contributed by atoms with Gasteiger partial charge in [0.25, 0.3) is 0 Å². The molecular weight excluding hydrogens is 348 g/mol. The van der Waals surface area contributed by atoms with Gasteiger partial charge in [0.05, 0.1) is 11.7 Å². The Labute approximate surface area is 150 Å². The maximum Gasteiger partial charge on any atom is 0.225 e. The molecule has 0 aliphatic heterocycles. The second kappa shape index (κ2) is 8.32. The fourth-order valence-corrected chi connectivity index (χ4v) is 4.02. The van der Waals surface area contributed by atoms with Crippen molar-refractivity contribution in [2.24, 2.45) is 11.7 Å². The first kappa shape index (κ1) is 20.9. The van der Waals surface area contributed by atoms with Crippen molar-refractivity contribution in [3.8, 4) is 0 Å². The lowest BCUT2D eigenvalue weighted by molar-refractivity contribution is -0.128. The van der Waals surface area contributed by atoms with E-state index in [0.29, 0.717) is 6.54 Å². The number of carbonyl (C=O) groups excluding carboxylic acids is 1. The Bertz CT molecular complexity index is 674. The molecule has 0 aromatic heterocycles. The second-order valence-corrected chi connectivity index (χ2v) is 9.05. The maximum atomic E-state index is 12.4. The molecule has 0 bridgehead atoms. The first-order valence-corrected chi connectivity index (χ1v) is 10.1. The van der Waals surface area contributed by atoms with Gasteiger partial charge in [-0.25, -0.2) is 8.42 Å². The van der Waals surface area contributed by atoms with Gasteiger partial charge in [-0.1, -0.05) is 37.1 Å². The lowest BCUT2D eigenvalue weighted by Gasteiger charge is -2.37. The van der Waals surface area contributed by atoms with E-state index in [0.717, 1.165) is 36.8 Å². The number of hydrogen-bond acceptors (Lipinski definition) is 4. The van der Waals surface area contributed by atoms with Crippen LogP contribution in [0.1, 0.15) is 43.7 Å². The summed E-state index contributed by atoms with van der Waals surface area (Å²) in [5, 5.41) is 2.95. The number of sulfone groups is 1. The largest absolute Gasteiger partial charge is 0.352 e. The standard InChI is InChI=1S/C17H26N2O3S.ClH/c1-17(18)9-4-3-8-15(17)16(20)19-11-13-6-5-7-14(10-13)12-23(2,21)22;/h5-7,10,15H,3-4,8-9,11-12,18H2,1-2H3,(H,19,20);1H. The normalized spacial score (nSPS) is 24.0. The number of carbonyl (C=O) groups is 1. The van der Waals surface area contributed by atoms with Crippen LogP contribution in [0.4, 0.5) is 0 Å². The van der Waals surface area contributed by atoms with Gasteiger partial charge >= 0.3 is 0 Å². The van der Waals surface area contributed by atoms with Crippen molar-refractivity contribution in [1.82, 2.24) is 5.32 Å². The Hall–Kier alpha value is -1.11. The van der Waals surface area contributed by atoms with Gasteiger partial charge in [0.1, 0.15) is 0 Å². The van der Waals surface area contributed by atoms with E-state index in [4.69, 9.17) is 5.73 Å². The number of halogens is 1. The molecule has 0 heterocycles. The van der Waals surface area contributed by atoms with E-state index in [1.165, 1.54) is 6.26 Å². The minimum atomic E-state index is -3.06. The molecule has 1 aliphatic carbocycles. The Kier molecular flexibility index (Phi) is 7.25. The quantitative estimate of drug-likeness (QED) is 0.826. The highest BCUT2D eigenvalue weighted by Crippen LogP contribution is 2.31. The maximum absolute atomic E-state index is 12.4. The lowest BCUT2D eigenvalue weighted by Crippen LogP contribution is -2.52. The molecule has 0 saturated heterocycles. The highest BCUT2D eigenvalue weighted by atomic mass is 35.5. The van der Waals surface area contributed by atoms with Gasteiger partial charge < -0.3 is 11.1 Å². The van der Waals surface area contributed by atoms with Gasteiger partial charge in [0, 0.05) is 18.3 Å².